The minimum absolute atomic E-state index is 0.246. The first-order chi connectivity index (χ1) is 12.2. The van der Waals surface area contributed by atoms with Crippen molar-refractivity contribution in [3.8, 4) is 17.1 Å². The highest BCUT2D eigenvalue weighted by molar-refractivity contribution is 5.59. The van der Waals surface area contributed by atoms with Gasteiger partial charge in [0.1, 0.15) is 0 Å². The topological polar surface area (TPSA) is 65.2 Å². The van der Waals surface area contributed by atoms with Crippen LogP contribution in [0.15, 0.2) is 24.4 Å². The second kappa shape index (κ2) is 5.32. The monoisotopic (exact) mass is 371 g/mol. The number of ether oxygens (including phenoxy) is 1. The number of nitrogens with zero attached hydrogens (tertiary/aromatic N) is 5. The van der Waals surface area contributed by atoms with Crippen LogP contribution in [0.1, 0.15) is 12.2 Å². The molecule has 1 atom stereocenters. The Morgan fingerprint density at radius 1 is 1.19 bits per heavy atom. The maximum Gasteiger partial charge on any atom is 0.346 e. The lowest BCUT2D eigenvalue weighted by Crippen LogP contribution is -2.64. The van der Waals surface area contributed by atoms with Crippen molar-refractivity contribution in [2.45, 2.75) is 31.3 Å². The molecule has 0 aliphatic heterocycles. The molecule has 136 valence electrons. The summed E-state index contributed by atoms with van der Waals surface area (Å²) in [6, 6.07) is 4.15. The molecule has 0 unspecified atom stereocenters. The van der Waals surface area contributed by atoms with Gasteiger partial charge in [-0.2, -0.15) is 27.2 Å². The highest BCUT2D eigenvalue weighted by Crippen LogP contribution is 2.52. The Labute approximate surface area is 142 Å². The Morgan fingerprint density at radius 3 is 2.62 bits per heavy atom. The third kappa shape index (κ3) is 2.37. The molecule has 1 aliphatic rings. The number of alkyl halides is 4. The second-order valence-electron chi connectivity index (χ2n) is 5.88. The molecule has 4 rings (SSSR count). The van der Waals surface area contributed by atoms with E-state index in [1.165, 1.54) is 4.52 Å². The van der Waals surface area contributed by atoms with Crippen LogP contribution in [-0.2, 0) is 0 Å². The zero-order valence-corrected chi connectivity index (χ0v) is 13.1. The predicted octanol–water partition coefficient (Wildman–Crippen LogP) is 3.06. The van der Waals surface area contributed by atoms with E-state index < -0.39 is 36.1 Å². The number of aromatic nitrogens is 5. The lowest BCUT2D eigenvalue weighted by Gasteiger charge is -2.42. The van der Waals surface area contributed by atoms with Crippen molar-refractivity contribution in [1.82, 2.24) is 24.8 Å². The van der Waals surface area contributed by atoms with Gasteiger partial charge in [0.05, 0.1) is 12.1 Å². The Morgan fingerprint density at radius 2 is 1.96 bits per heavy atom. The fourth-order valence-electron chi connectivity index (χ4n) is 2.55. The van der Waals surface area contributed by atoms with Crippen LogP contribution < -0.4 is 4.74 Å². The minimum Gasteiger partial charge on any atom is -0.465 e. The molecule has 1 aliphatic carbocycles. The Hall–Kier alpha value is -2.85. The van der Waals surface area contributed by atoms with Crippen molar-refractivity contribution in [1.29, 1.82) is 0 Å². The molecule has 1 saturated carbocycles. The zero-order valence-electron chi connectivity index (χ0n) is 13.1. The summed E-state index contributed by atoms with van der Waals surface area (Å²) >= 11 is 0. The van der Waals surface area contributed by atoms with Crippen molar-refractivity contribution < 1.29 is 26.7 Å². The van der Waals surface area contributed by atoms with Crippen molar-refractivity contribution >= 4 is 5.65 Å². The first kappa shape index (κ1) is 16.6. The molecule has 3 heterocycles. The normalized spacial score (nSPS) is 20.8. The number of rotatable bonds is 3. The van der Waals surface area contributed by atoms with Gasteiger partial charge in [-0.05, 0) is 25.1 Å². The summed E-state index contributed by atoms with van der Waals surface area (Å²) < 4.78 is 72.4. The fraction of sp³-hybridized carbons (Fsp3) is 0.333. The standard InChI is InChI=1S/C15H10F5N5O/c1-7-22-23-12-3-2-10(24-25(7)12)8-4-9(16)13(21-6-8)26-11-5-14(17,18)15(11,19)20/h2-4,6,11H,5H2,1H3/t11-/m1/s1. The van der Waals surface area contributed by atoms with Gasteiger partial charge in [0.25, 0.3) is 5.88 Å². The average Bonchev–Trinajstić information content (AvgIpc) is 2.96. The van der Waals surface area contributed by atoms with Crippen LogP contribution >= 0.6 is 0 Å². The van der Waals surface area contributed by atoms with Crippen LogP contribution in [-0.4, -0.2) is 42.7 Å². The second-order valence-corrected chi connectivity index (χ2v) is 5.88. The average molecular weight is 371 g/mol. The molecule has 0 amide bonds. The Bertz CT molecular complexity index is 1010. The summed E-state index contributed by atoms with van der Waals surface area (Å²) in [5, 5.41) is 11.9. The molecule has 0 radical (unpaired) electrons. The first-order valence-corrected chi connectivity index (χ1v) is 7.46. The molecule has 0 N–H and O–H groups in total. The maximum absolute atomic E-state index is 14.2. The predicted molar refractivity (Wildman–Crippen MR) is 77.6 cm³/mol. The third-order valence-electron chi connectivity index (χ3n) is 4.11. The molecule has 3 aromatic rings. The van der Waals surface area contributed by atoms with Crippen LogP contribution in [0.4, 0.5) is 22.0 Å². The molecule has 0 bridgehead atoms. The summed E-state index contributed by atoms with van der Waals surface area (Å²) in [6.07, 6.45) is -2.17. The van der Waals surface area contributed by atoms with Crippen LogP contribution in [0.3, 0.4) is 0 Å². The van der Waals surface area contributed by atoms with Gasteiger partial charge >= 0.3 is 11.8 Å². The molecule has 0 aromatic carbocycles. The lowest BCUT2D eigenvalue weighted by atomic mass is 9.85. The quantitative estimate of drug-likeness (QED) is 0.662. The minimum atomic E-state index is -4.36. The lowest BCUT2D eigenvalue weighted by molar-refractivity contribution is -0.324. The Kier molecular flexibility index (Phi) is 3.40. The Balaban J connectivity index is 1.60. The number of hydrogen-bond donors (Lipinski definition) is 0. The molecule has 11 heteroatoms. The van der Waals surface area contributed by atoms with Gasteiger partial charge in [0.2, 0.25) is 0 Å². The van der Waals surface area contributed by atoms with Crippen molar-refractivity contribution in [3.05, 3.63) is 36.0 Å². The largest absolute Gasteiger partial charge is 0.465 e. The van der Waals surface area contributed by atoms with Gasteiger partial charge in [-0.1, -0.05) is 0 Å². The van der Waals surface area contributed by atoms with Crippen LogP contribution in [0.2, 0.25) is 0 Å². The molecule has 0 saturated heterocycles. The van der Waals surface area contributed by atoms with E-state index in [4.69, 9.17) is 0 Å². The molecule has 1 fully saturated rings. The van der Waals surface area contributed by atoms with Crippen molar-refractivity contribution in [2.75, 3.05) is 0 Å². The van der Waals surface area contributed by atoms with E-state index in [0.29, 0.717) is 17.2 Å². The number of halogens is 5. The SMILES string of the molecule is Cc1nnc2ccc(-c3cnc(O[C@@H]4CC(F)(F)C4(F)F)c(F)c3)nn12. The van der Waals surface area contributed by atoms with Crippen molar-refractivity contribution in [2.24, 2.45) is 0 Å². The van der Waals surface area contributed by atoms with E-state index in [2.05, 4.69) is 25.0 Å². The van der Waals surface area contributed by atoms with E-state index in [9.17, 15) is 22.0 Å². The fourth-order valence-corrected chi connectivity index (χ4v) is 2.55. The van der Waals surface area contributed by atoms with Crippen LogP contribution in [0.5, 0.6) is 5.88 Å². The number of fused-ring (bicyclic) bond motifs is 1. The van der Waals surface area contributed by atoms with Gasteiger partial charge in [0.15, 0.2) is 23.4 Å². The van der Waals surface area contributed by atoms with Gasteiger partial charge < -0.3 is 4.74 Å². The summed E-state index contributed by atoms with van der Waals surface area (Å²) in [6.45, 7) is 1.68. The smallest absolute Gasteiger partial charge is 0.346 e. The maximum atomic E-state index is 14.2. The van der Waals surface area contributed by atoms with E-state index in [1.807, 2.05) is 0 Å². The third-order valence-corrected chi connectivity index (χ3v) is 4.11. The van der Waals surface area contributed by atoms with Gasteiger partial charge in [0, 0.05) is 11.8 Å². The molecule has 26 heavy (non-hydrogen) atoms. The summed E-state index contributed by atoms with van der Waals surface area (Å²) in [7, 11) is 0. The number of hydrogen-bond acceptors (Lipinski definition) is 5. The summed E-state index contributed by atoms with van der Waals surface area (Å²) in [5.41, 5.74) is 1.07. The van der Waals surface area contributed by atoms with E-state index >= 15 is 0 Å². The first-order valence-electron chi connectivity index (χ1n) is 7.46. The molecule has 0 spiro atoms. The van der Waals surface area contributed by atoms with E-state index in [0.717, 1.165) is 12.3 Å². The van der Waals surface area contributed by atoms with E-state index in [-0.39, 0.29) is 5.56 Å². The van der Waals surface area contributed by atoms with Gasteiger partial charge in [-0.3, -0.25) is 0 Å². The molecule has 3 aromatic heterocycles. The molecular weight excluding hydrogens is 361 g/mol. The molecular formula is C15H10F5N5O. The van der Waals surface area contributed by atoms with E-state index in [1.54, 1.807) is 19.1 Å². The van der Waals surface area contributed by atoms with Crippen molar-refractivity contribution in [3.63, 3.8) is 0 Å². The summed E-state index contributed by atoms with van der Waals surface area (Å²) in [4.78, 5) is 3.62. The van der Waals surface area contributed by atoms with Gasteiger partial charge in [-0.25, -0.2) is 9.37 Å². The number of pyridine rings is 1. The highest BCUT2D eigenvalue weighted by atomic mass is 19.3. The number of aryl methyl sites for hydroxylation is 1. The molecule has 6 nitrogen and oxygen atoms in total. The van der Waals surface area contributed by atoms with Crippen LogP contribution in [0.25, 0.3) is 16.9 Å². The highest BCUT2D eigenvalue weighted by Gasteiger charge is 2.73. The zero-order chi connectivity index (χ0) is 18.7. The van der Waals surface area contributed by atoms with Gasteiger partial charge in [-0.15, -0.1) is 10.2 Å². The van der Waals surface area contributed by atoms with Crippen LogP contribution in [0, 0.1) is 12.7 Å². The summed E-state index contributed by atoms with van der Waals surface area (Å²) in [5.74, 6) is -9.84.